The van der Waals surface area contributed by atoms with Gasteiger partial charge >= 0.3 is 0 Å². The van der Waals surface area contributed by atoms with Gasteiger partial charge in [-0.15, -0.1) is 0 Å². The largest absolute Gasteiger partial charge is 0.473 e. The van der Waals surface area contributed by atoms with Crippen molar-refractivity contribution < 1.29 is 9.53 Å². The highest BCUT2D eigenvalue weighted by Crippen LogP contribution is 2.24. The molecule has 5 heteroatoms. The number of nitriles is 1. The van der Waals surface area contributed by atoms with Crippen LogP contribution in [0.1, 0.15) is 47.2 Å². The minimum atomic E-state index is -0.0149. The lowest BCUT2D eigenvalue weighted by Gasteiger charge is -2.29. The number of hydrogen-bond donors (Lipinski definition) is 1. The first kappa shape index (κ1) is 17.0. The number of nitrogens with one attached hydrogen (secondary N) is 1. The second-order valence-electron chi connectivity index (χ2n) is 6.35. The molecular formula is C20H21N3O2. The van der Waals surface area contributed by atoms with E-state index in [1.165, 1.54) is 0 Å². The normalized spacial score (nSPS) is 19.7. The number of hydrogen-bond acceptors (Lipinski definition) is 4. The summed E-state index contributed by atoms with van der Waals surface area (Å²) in [7, 11) is 0. The quantitative estimate of drug-likeness (QED) is 0.929. The number of ether oxygens (including phenoxy) is 1. The second-order valence-corrected chi connectivity index (χ2v) is 6.35. The summed E-state index contributed by atoms with van der Waals surface area (Å²) in [5.74, 6) is 0.386. The number of rotatable bonds is 4. The number of carbonyl (C=O) groups excluding carboxylic acids is 1. The van der Waals surface area contributed by atoms with Crippen molar-refractivity contribution in [2.45, 2.75) is 44.8 Å². The Bertz CT molecular complexity index is 790. The van der Waals surface area contributed by atoms with Crippen LogP contribution in [-0.2, 0) is 0 Å². The van der Waals surface area contributed by atoms with Gasteiger partial charge in [0.2, 0.25) is 5.88 Å². The van der Waals surface area contributed by atoms with Gasteiger partial charge in [-0.25, -0.2) is 4.98 Å². The van der Waals surface area contributed by atoms with Crippen LogP contribution in [0.3, 0.4) is 0 Å². The Morgan fingerprint density at radius 3 is 2.68 bits per heavy atom. The number of benzene rings is 1. The lowest BCUT2D eigenvalue weighted by Crippen LogP contribution is -2.40. The summed E-state index contributed by atoms with van der Waals surface area (Å²) < 4.78 is 5.89. The third-order valence-electron chi connectivity index (χ3n) is 4.57. The average molecular weight is 335 g/mol. The molecule has 1 heterocycles. The molecule has 1 aromatic heterocycles. The van der Waals surface area contributed by atoms with Crippen molar-refractivity contribution in [3.8, 4) is 11.9 Å². The standard InChI is InChI=1S/C20H21N3O2/c1-14-5-2-3-7-18(14)19(24)23-16-8-10-17(11-9-16)25-20-15(13-21)6-4-12-22-20/h2-7,12,16-17H,8-11H2,1H3,(H,23,24). The summed E-state index contributed by atoms with van der Waals surface area (Å²) in [6, 6.07) is 13.3. The van der Waals surface area contributed by atoms with Crippen molar-refractivity contribution in [1.82, 2.24) is 10.3 Å². The number of carbonyl (C=O) groups is 1. The minimum absolute atomic E-state index is 0.0149. The highest BCUT2D eigenvalue weighted by Gasteiger charge is 2.25. The molecule has 1 aliphatic rings. The van der Waals surface area contributed by atoms with Gasteiger partial charge in [-0.3, -0.25) is 4.79 Å². The highest BCUT2D eigenvalue weighted by atomic mass is 16.5. The van der Waals surface area contributed by atoms with Crippen LogP contribution in [0.4, 0.5) is 0 Å². The summed E-state index contributed by atoms with van der Waals surface area (Å²) in [5, 5.41) is 12.2. The molecule has 128 valence electrons. The van der Waals surface area contributed by atoms with Crippen LogP contribution in [0.2, 0.25) is 0 Å². The molecule has 0 saturated heterocycles. The SMILES string of the molecule is Cc1ccccc1C(=O)NC1CCC(Oc2ncccc2C#N)CC1. The van der Waals surface area contributed by atoms with E-state index in [9.17, 15) is 4.79 Å². The van der Waals surface area contributed by atoms with E-state index >= 15 is 0 Å². The Labute approximate surface area is 147 Å². The summed E-state index contributed by atoms with van der Waals surface area (Å²) in [6.45, 7) is 1.94. The number of aromatic nitrogens is 1. The van der Waals surface area contributed by atoms with Gasteiger partial charge in [0.05, 0.1) is 0 Å². The molecule has 0 bridgehead atoms. The van der Waals surface area contributed by atoms with Gasteiger partial charge in [-0.2, -0.15) is 5.26 Å². The maximum absolute atomic E-state index is 12.4. The van der Waals surface area contributed by atoms with Crippen LogP contribution in [0.15, 0.2) is 42.6 Å². The smallest absolute Gasteiger partial charge is 0.251 e. The molecule has 3 rings (SSSR count). The van der Waals surface area contributed by atoms with Gasteiger partial charge in [-0.1, -0.05) is 18.2 Å². The zero-order valence-corrected chi connectivity index (χ0v) is 14.2. The highest BCUT2D eigenvalue weighted by molar-refractivity contribution is 5.95. The number of nitrogens with zero attached hydrogens (tertiary/aromatic N) is 2. The monoisotopic (exact) mass is 335 g/mol. The molecule has 0 atom stereocenters. The van der Waals surface area contributed by atoms with E-state index in [4.69, 9.17) is 10.00 Å². The molecule has 25 heavy (non-hydrogen) atoms. The van der Waals surface area contributed by atoms with Crippen LogP contribution < -0.4 is 10.1 Å². The lowest BCUT2D eigenvalue weighted by molar-refractivity contribution is 0.0889. The number of pyridine rings is 1. The summed E-state index contributed by atoms with van der Waals surface area (Å²) >= 11 is 0. The summed E-state index contributed by atoms with van der Waals surface area (Å²) in [6.07, 6.45) is 5.05. The molecule has 0 radical (unpaired) electrons. The van der Waals surface area contributed by atoms with Gasteiger partial charge < -0.3 is 10.1 Å². The van der Waals surface area contributed by atoms with Gasteiger partial charge in [0.25, 0.3) is 5.91 Å². The number of amides is 1. The predicted molar refractivity (Wildman–Crippen MR) is 94.3 cm³/mol. The van der Waals surface area contributed by atoms with E-state index in [2.05, 4.69) is 16.4 Å². The van der Waals surface area contributed by atoms with Crippen LogP contribution in [0, 0.1) is 18.3 Å². The molecule has 0 unspecified atom stereocenters. The zero-order valence-electron chi connectivity index (χ0n) is 14.2. The van der Waals surface area contributed by atoms with Crippen LogP contribution in [0.25, 0.3) is 0 Å². The van der Waals surface area contributed by atoms with E-state index < -0.39 is 0 Å². The maximum Gasteiger partial charge on any atom is 0.251 e. The van der Waals surface area contributed by atoms with E-state index in [0.29, 0.717) is 11.4 Å². The topological polar surface area (TPSA) is 75.0 Å². The molecule has 1 aromatic carbocycles. The molecule has 5 nitrogen and oxygen atoms in total. The molecule has 1 amide bonds. The molecule has 0 spiro atoms. The Morgan fingerprint density at radius 1 is 1.20 bits per heavy atom. The first-order valence-electron chi connectivity index (χ1n) is 8.55. The van der Waals surface area contributed by atoms with Crippen molar-refractivity contribution in [2.75, 3.05) is 0 Å². The van der Waals surface area contributed by atoms with Crippen molar-refractivity contribution in [2.24, 2.45) is 0 Å². The fourth-order valence-electron chi connectivity index (χ4n) is 3.14. The summed E-state index contributed by atoms with van der Waals surface area (Å²) in [5.41, 5.74) is 2.17. The molecule has 1 aliphatic carbocycles. The molecule has 1 saturated carbocycles. The fraction of sp³-hybridized carbons (Fsp3) is 0.350. The van der Waals surface area contributed by atoms with Gasteiger partial charge in [0, 0.05) is 17.8 Å². The fourth-order valence-corrected chi connectivity index (χ4v) is 3.14. The van der Waals surface area contributed by atoms with Crippen LogP contribution in [0.5, 0.6) is 5.88 Å². The maximum atomic E-state index is 12.4. The van der Waals surface area contributed by atoms with Gasteiger partial charge in [-0.05, 0) is 56.4 Å². The van der Waals surface area contributed by atoms with Crippen molar-refractivity contribution in [1.29, 1.82) is 5.26 Å². The second kappa shape index (κ2) is 7.80. The molecule has 1 fully saturated rings. The molecule has 1 N–H and O–H groups in total. The first-order chi connectivity index (χ1) is 12.2. The van der Waals surface area contributed by atoms with Crippen LogP contribution in [-0.4, -0.2) is 23.0 Å². The Kier molecular flexibility index (Phi) is 5.30. The first-order valence-corrected chi connectivity index (χ1v) is 8.55. The average Bonchev–Trinajstić information content (AvgIpc) is 2.64. The van der Waals surface area contributed by atoms with E-state index in [0.717, 1.165) is 36.8 Å². The number of aryl methyl sites for hydroxylation is 1. The third kappa shape index (κ3) is 4.16. The third-order valence-corrected chi connectivity index (χ3v) is 4.57. The summed E-state index contributed by atoms with van der Waals surface area (Å²) in [4.78, 5) is 16.5. The van der Waals surface area contributed by atoms with E-state index in [1.807, 2.05) is 31.2 Å². The minimum Gasteiger partial charge on any atom is -0.473 e. The zero-order chi connectivity index (χ0) is 17.6. The van der Waals surface area contributed by atoms with Gasteiger partial charge in [0.1, 0.15) is 17.7 Å². The van der Waals surface area contributed by atoms with Crippen molar-refractivity contribution >= 4 is 5.91 Å². The Morgan fingerprint density at radius 2 is 1.96 bits per heavy atom. The Balaban J connectivity index is 1.53. The van der Waals surface area contributed by atoms with E-state index in [1.54, 1.807) is 18.3 Å². The molecular weight excluding hydrogens is 314 g/mol. The Hall–Kier alpha value is -2.87. The predicted octanol–water partition coefficient (Wildman–Crippen LogP) is 3.38. The molecule has 2 aromatic rings. The van der Waals surface area contributed by atoms with Crippen molar-refractivity contribution in [3.63, 3.8) is 0 Å². The molecule has 0 aliphatic heterocycles. The van der Waals surface area contributed by atoms with Gasteiger partial charge in [0.15, 0.2) is 0 Å². The van der Waals surface area contributed by atoms with E-state index in [-0.39, 0.29) is 18.1 Å². The van der Waals surface area contributed by atoms with Crippen molar-refractivity contribution in [3.05, 3.63) is 59.3 Å². The lowest BCUT2D eigenvalue weighted by atomic mass is 9.92. The van der Waals surface area contributed by atoms with Crippen LogP contribution >= 0.6 is 0 Å².